The van der Waals surface area contributed by atoms with Crippen molar-refractivity contribution in [3.05, 3.63) is 18.1 Å². The van der Waals surface area contributed by atoms with Crippen molar-refractivity contribution in [3.63, 3.8) is 0 Å². The van der Waals surface area contributed by atoms with Gasteiger partial charge in [-0.25, -0.2) is 14.8 Å². The van der Waals surface area contributed by atoms with Gasteiger partial charge in [0.2, 0.25) is 0 Å². The number of hydrogen-bond donors (Lipinski definition) is 1. The molecule has 1 N–H and O–H groups in total. The maximum Gasteiger partial charge on any atom is 0.358 e. The number of anilines is 1. The Morgan fingerprint density at radius 3 is 2.82 bits per heavy atom. The summed E-state index contributed by atoms with van der Waals surface area (Å²) >= 11 is 0. The highest BCUT2D eigenvalue weighted by molar-refractivity contribution is 5.86. The maximum absolute atomic E-state index is 11.1. The van der Waals surface area contributed by atoms with E-state index in [1.165, 1.54) is 39.0 Å². The van der Waals surface area contributed by atoms with Crippen LogP contribution in [0.1, 0.15) is 36.2 Å². The van der Waals surface area contributed by atoms with Gasteiger partial charge in [-0.15, -0.1) is 0 Å². The first-order valence-electron chi connectivity index (χ1n) is 5.94. The third-order valence-corrected chi connectivity index (χ3v) is 3.13. The lowest BCUT2D eigenvalue weighted by molar-refractivity contribution is 0.0593. The van der Waals surface area contributed by atoms with E-state index in [0.717, 1.165) is 12.5 Å². The van der Waals surface area contributed by atoms with Crippen molar-refractivity contribution in [1.82, 2.24) is 9.97 Å². The number of carbonyl (C=O) groups is 1. The van der Waals surface area contributed by atoms with Crippen LogP contribution in [0, 0.1) is 5.92 Å². The zero-order chi connectivity index (χ0) is 12.1. The van der Waals surface area contributed by atoms with Gasteiger partial charge in [-0.3, -0.25) is 0 Å². The topological polar surface area (TPSA) is 64.1 Å². The van der Waals surface area contributed by atoms with Gasteiger partial charge in [0.15, 0.2) is 5.69 Å². The summed E-state index contributed by atoms with van der Waals surface area (Å²) in [5.41, 5.74) is 0.233. The minimum Gasteiger partial charge on any atom is -0.464 e. The molecule has 1 saturated carbocycles. The van der Waals surface area contributed by atoms with Gasteiger partial charge in [0.05, 0.1) is 19.5 Å². The summed E-state index contributed by atoms with van der Waals surface area (Å²) in [5, 5.41) is 3.20. The molecule has 5 heteroatoms. The van der Waals surface area contributed by atoms with E-state index in [9.17, 15) is 4.79 Å². The summed E-state index contributed by atoms with van der Waals surface area (Å²) in [6.45, 7) is 0.914. The minimum absolute atomic E-state index is 0.233. The predicted octanol–water partition coefficient (Wildman–Crippen LogP) is 1.87. The molecule has 92 valence electrons. The van der Waals surface area contributed by atoms with E-state index in [0.29, 0.717) is 5.82 Å². The van der Waals surface area contributed by atoms with E-state index in [1.807, 2.05) is 0 Å². The van der Waals surface area contributed by atoms with Gasteiger partial charge in [-0.05, 0) is 12.3 Å². The number of nitrogens with zero attached hydrogens (tertiary/aromatic N) is 2. The SMILES string of the molecule is COC(=O)c1cnc(NCCC2CCC2)cn1. The second kappa shape index (κ2) is 5.61. The normalized spacial score (nSPS) is 15.1. The highest BCUT2D eigenvalue weighted by Crippen LogP contribution is 2.28. The molecule has 1 aliphatic rings. The maximum atomic E-state index is 11.1. The van der Waals surface area contributed by atoms with Crippen molar-refractivity contribution in [3.8, 4) is 0 Å². The first-order chi connectivity index (χ1) is 8.29. The standard InChI is InChI=1S/C12H17N3O2/c1-17-12(16)10-7-15-11(8-14-10)13-6-5-9-3-2-4-9/h7-9H,2-6H2,1H3,(H,13,15). The number of hydrogen-bond acceptors (Lipinski definition) is 5. The molecule has 0 atom stereocenters. The Hall–Kier alpha value is -1.65. The van der Waals surface area contributed by atoms with E-state index < -0.39 is 5.97 Å². The van der Waals surface area contributed by atoms with E-state index in [-0.39, 0.29) is 5.69 Å². The van der Waals surface area contributed by atoms with Gasteiger partial charge in [0, 0.05) is 6.54 Å². The molecule has 0 aliphatic heterocycles. The summed E-state index contributed by atoms with van der Waals surface area (Å²) in [7, 11) is 1.33. The number of rotatable bonds is 5. The molecule has 2 rings (SSSR count). The van der Waals surface area contributed by atoms with Crippen LogP contribution in [-0.2, 0) is 4.74 Å². The van der Waals surface area contributed by atoms with Gasteiger partial charge in [-0.1, -0.05) is 19.3 Å². The molecule has 0 saturated heterocycles. The third kappa shape index (κ3) is 3.15. The summed E-state index contributed by atoms with van der Waals surface area (Å²) in [6.07, 6.45) is 8.26. The third-order valence-electron chi connectivity index (χ3n) is 3.13. The van der Waals surface area contributed by atoms with Crippen molar-refractivity contribution >= 4 is 11.8 Å². The van der Waals surface area contributed by atoms with Gasteiger partial charge in [-0.2, -0.15) is 0 Å². The Morgan fingerprint density at radius 1 is 1.47 bits per heavy atom. The molecule has 0 spiro atoms. The van der Waals surface area contributed by atoms with Crippen molar-refractivity contribution in [2.75, 3.05) is 19.0 Å². The highest BCUT2D eigenvalue weighted by Gasteiger charge is 2.16. The van der Waals surface area contributed by atoms with Crippen LogP contribution in [-0.4, -0.2) is 29.6 Å². The van der Waals surface area contributed by atoms with Crippen LogP contribution in [0.25, 0.3) is 0 Å². The molecule has 1 aliphatic carbocycles. The van der Waals surface area contributed by atoms with Crippen molar-refractivity contribution in [2.45, 2.75) is 25.7 Å². The fourth-order valence-electron chi connectivity index (χ4n) is 1.82. The van der Waals surface area contributed by atoms with Crippen LogP contribution in [0.15, 0.2) is 12.4 Å². The van der Waals surface area contributed by atoms with Gasteiger partial charge in [0.25, 0.3) is 0 Å². The smallest absolute Gasteiger partial charge is 0.358 e. The number of nitrogens with one attached hydrogen (secondary N) is 1. The quantitative estimate of drug-likeness (QED) is 0.789. The lowest BCUT2D eigenvalue weighted by Gasteiger charge is -2.25. The Labute approximate surface area is 101 Å². The van der Waals surface area contributed by atoms with Gasteiger partial charge >= 0.3 is 5.97 Å². The molecule has 1 aromatic rings. The zero-order valence-electron chi connectivity index (χ0n) is 9.98. The van der Waals surface area contributed by atoms with E-state index in [1.54, 1.807) is 6.20 Å². The summed E-state index contributed by atoms with van der Waals surface area (Å²) in [4.78, 5) is 19.2. The van der Waals surface area contributed by atoms with Crippen LogP contribution in [0.5, 0.6) is 0 Å². The van der Waals surface area contributed by atoms with E-state index in [4.69, 9.17) is 0 Å². The Kier molecular flexibility index (Phi) is 3.90. The van der Waals surface area contributed by atoms with Crippen molar-refractivity contribution < 1.29 is 9.53 Å². The molecule has 0 unspecified atom stereocenters. The second-order valence-electron chi connectivity index (χ2n) is 4.29. The van der Waals surface area contributed by atoms with Crippen LogP contribution in [0.4, 0.5) is 5.82 Å². The Morgan fingerprint density at radius 2 is 2.29 bits per heavy atom. The zero-order valence-corrected chi connectivity index (χ0v) is 9.98. The van der Waals surface area contributed by atoms with Crippen LogP contribution >= 0.6 is 0 Å². The van der Waals surface area contributed by atoms with Crippen LogP contribution in [0.3, 0.4) is 0 Å². The fraction of sp³-hybridized carbons (Fsp3) is 0.583. The average molecular weight is 235 g/mol. The number of carbonyl (C=O) groups excluding carboxylic acids is 1. The number of methoxy groups -OCH3 is 1. The largest absolute Gasteiger partial charge is 0.464 e. The lowest BCUT2D eigenvalue weighted by atomic mass is 9.83. The monoisotopic (exact) mass is 235 g/mol. The summed E-state index contributed by atoms with van der Waals surface area (Å²) < 4.78 is 4.55. The molecule has 0 bridgehead atoms. The molecular weight excluding hydrogens is 218 g/mol. The molecule has 1 fully saturated rings. The molecule has 0 amide bonds. The van der Waals surface area contributed by atoms with Crippen molar-refractivity contribution in [2.24, 2.45) is 5.92 Å². The fourth-order valence-corrected chi connectivity index (χ4v) is 1.82. The Bertz CT molecular complexity index is 374. The predicted molar refractivity (Wildman–Crippen MR) is 63.8 cm³/mol. The number of ether oxygens (including phenoxy) is 1. The van der Waals surface area contributed by atoms with Gasteiger partial charge in [0.1, 0.15) is 5.82 Å². The summed E-state index contributed by atoms with van der Waals surface area (Å²) in [6, 6.07) is 0. The minimum atomic E-state index is -0.460. The average Bonchev–Trinajstić information content (AvgIpc) is 2.32. The Balaban J connectivity index is 1.78. The molecule has 1 aromatic heterocycles. The van der Waals surface area contributed by atoms with Crippen LogP contribution in [0.2, 0.25) is 0 Å². The number of aromatic nitrogens is 2. The van der Waals surface area contributed by atoms with Crippen molar-refractivity contribution in [1.29, 1.82) is 0 Å². The molecule has 1 heterocycles. The van der Waals surface area contributed by atoms with E-state index in [2.05, 4.69) is 20.0 Å². The van der Waals surface area contributed by atoms with E-state index >= 15 is 0 Å². The second-order valence-corrected chi connectivity index (χ2v) is 4.29. The van der Waals surface area contributed by atoms with Gasteiger partial charge < -0.3 is 10.1 Å². The molecular formula is C12H17N3O2. The lowest BCUT2D eigenvalue weighted by Crippen LogP contribution is -2.16. The molecule has 5 nitrogen and oxygen atoms in total. The first-order valence-corrected chi connectivity index (χ1v) is 5.94. The first kappa shape index (κ1) is 11.8. The molecule has 17 heavy (non-hydrogen) atoms. The van der Waals surface area contributed by atoms with Crippen LogP contribution < -0.4 is 5.32 Å². The molecule has 0 radical (unpaired) electrons. The summed E-state index contributed by atoms with van der Waals surface area (Å²) in [5.74, 6) is 1.13. The number of esters is 1. The highest BCUT2D eigenvalue weighted by atomic mass is 16.5. The molecule has 0 aromatic carbocycles.